The highest BCUT2D eigenvalue weighted by Crippen LogP contribution is 2.31. The Bertz CT molecular complexity index is 423. The Labute approximate surface area is 91.7 Å². The average molecular weight is 251 g/mol. The summed E-state index contributed by atoms with van der Waals surface area (Å²) >= 11 is 3.55. The lowest BCUT2D eigenvalue weighted by molar-refractivity contribution is 0.922. The molecule has 72 valence electrons. The highest BCUT2D eigenvalue weighted by Gasteiger charge is 2.17. The third kappa shape index (κ3) is 1.44. The fraction of sp³-hybridized carbons (Fsp3) is 0.0909. The fourth-order valence-corrected chi connectivity index (χ4v) is 1.97. The van der Waals surface area contributed by atoms with Crippen molar-refractivity contribution < 1.29 is 0 Å². The van der Waals surface area contributed by atoms with Crippen molar-refractivity contribution >= 4 is 15.9 Å². The maximum Gasteiger partial charge on any atom is 0.105 e. The van der Waals surface area contributed by atoms with Gasteiger partial charge in [0, 0.05) is 21.3 Å². The molecule has 0 saturated carbocycles. The van der Waals surface area contributed by atoms with Crippen LogP contribution in [0.5, 0.6) is 0 Å². The largest absolute Gasteiger partial charge is 0.385 e. The van der Waals surface area contributed by atoms with Crippen LogP contribution in [0.15, 0.2) is 57.5 Å². The number of fused-ring (bicyclic) bond motifs is 1. The average Bonchev–Trinajstić information content (AvgIpc) is 2.39. The third-order valence-corrected chi connectivity index (χ3v) is 3.30. The topological polar surface area (TPSA) is 38.0 Å². The summed E-state index contributed by atoms with van der Waals surface area (Å²) in [5.41, 5.74) is 9.06. The lowest BCUT2D eigenvalue weighted by Crippen LogP contribution is -2.25. The summed E-state index contributed by atoms with van der Waals surface area (Å²) in [6.45, 7) is 1.99. The minimum atomic E-state index is 0.704. The van der Waals surface area contributed by atoms with Crippen LogP contribution in [0.25, 0.3) is 0 Å². The molecule has 1 aliphatic heterocycles. The van der Waals surface area contributed by atoms with Gasteiger partial charge in [-0.3, -0.25) is 0 Å². The van der Waals surface area contributed by atoms with E-state index in [0.717, 1.165) is 21.3 Å². The number of hydrogen-bond acceptors (Lipinski definition) is 2. The van der Waals surface area contributed by atoms with E-state index in [1.54, 1.807) is 0 Å². The molecule has 0 spiro atoms. The summed E-state index contributed by atoms with van der Waals surface area (Å²) in [6, 6.07) is 0. The predicted octanol–water partition coefficient (Wildman–Crippen LogP) is 2.44. The Balaban J connectivity index is 2.58. The monoisotopic (exact) mass is 250 g/mol. The Morgan fingerprint density at radius 3 is 2.86 bits per heavy atom. The number of hydrogen-bond donors (Lipinski definition) is 2. The highest BCUT2D eigenvalue weighted by molar-refractivity contribution is 9.12. The SMILES string of the molecule is CC1=C(N)NC2=CC=CC=CC2=C1Br. The van der Waals surface area contributed by atoms with Crippen LogP contribution in [0, 0.1) is 0 Å². The van der Waals surface area contributed by atoms with E-state index in [0.29, 0.717) is 5.82 Å². The van der Waals surface area contributed by atoms with Crippen LogP contribution in [0.4, 0.5) is 0 Å². The van der Waals surface area contributed by atoms with Crippen LogP contribution >= 0.6 is 15.9 Å². The van der Waals surface area contributed by atoms with Gasteiger partial charge >= 0.3 is 0 Å². The van der Waals surface area contributed by atoms with Crippen LogP contribution < -0.4 is 11.1 Å². The molecule has 2 rings (SSSR count). The smallest absolute Gasteiger partial charge is 0.105 e. The molecule has 0 amide bonds. The van der Waals surface area contributed by atoms with Crippen molar-refractivity contribution in [2.45, 2.75) is 6.92 Å². The zero-order valence-corrected chi connectivity index (χ0v) is 9.43. The maximum atomic E-state index is 5.84. The predicted molar refractivity (Wildman–Crippen MR) is 62.3 cm³/mol. The highest BCUT2D eigenvalue weighted by atomic mass is 79.9. The van der Waals surface area contributed by atoms with E-state index in [1.807, 2.05) is 31.2 Å². The molecule has 0 aromatic carbocycles. The number of nitrogens with two attached hydrogens (primary N) is 1. The van der Waals surface area contributed by atoms with Gasteiger partial charge in [0.1, 0.15) is 5.82 Å². The van der Waals surface area contributed by atoms with Crippen LogP contribution in [-0.2, 0) is 0 Å². The first-order chi connectivity index (χ1) is 6.70. The van der Waals surface area contributed by atoms with Gasteiger partial charge in [0.25, 0.3) is 0 Å². The summed E-state index contributed by atoms with van der Waals surface area (Å²) in [4.78, 5) is 0. The molecular weight excluding hydrogens is 240 g/mol. The van der Waals surface area contributed by atoms with E-state index in [9.17, 15) is 0 Å². The van der Waals surface area contributed by atoms with Crippen molar-refractivity contribution in [3.05, 3.63) is 57.5 Å². The minimum absolute atomic E-state index is 0.704. The molecule has 14 heavy (non-hydrogen) atoms. The van der Waals surface area contributed by atoms with Gasteiger partial charge in [-0.15, -0.1) is 0 Å². The molecule has 3 heteroatoms. The van der Waals surface area contributed by atoms with Crippen LogP contribution in [0.1, 0.15) is 6.92 Å². The van der Waals surface area contributed by atoms with Gasteiger partial charge in [0.15, 0.2) is 0 Å². The van der Waals surface area contributed by atoms with Gasteiger partial charge in [-0.25, -0.2) is 0 Å². The zero-order valence-electron chi connectivity index (χ0n) is 7.84. The van der Waals surface area contributed by atoms with Gasteiger partial charge in [0.2, 0.25) is 0 Å². The summed E-state index contributed by atoms with van der Waals surface area (Å²) in [5.74, 6) is 0.704. The minimum Gasteiger partial charge on any atom is -0.385 e. The molecule has 0 aromatic rings. The second-order valence-corrected chi connectivity index (χ2v) is 4.01. The molecule has 0 radical (unpaired) electrons. The molecule has 0 unspecified atom stereocenters. The Morgan fingerprint density at radius 1 is 1.29 bits per heavy atom. The first kappa shape index (κ1) is 9.34. The normalized spacial score (nSPS) is 20.3. The molecule has 0 atom stereocenters. The molecule has 1 aliphatic carbocycles. The Hall–Kier alpha value is -1.22. The molecule has 3 N–H and O–H groups in total. The summed E-state index contributed by atoms with van der Waals surface area (Å²) < 4.78 is 1.06. The van der Waals surface area contributed by atoms with Gasteiger partial charge in [-0.05, 0) is 28.9 Å². The molecule has 0 saturated heterocycles. The van der Waals surface area contributed by atoms with Crippen molar-refractivity contribution in [2.24, 2.45) is 5.73 Å². The number of halogens is 1. The number of allylic oxidation sites excluding steroid dienone is 7. The summed E-state index contributed by atoms with van der Waals surface area (Å²) in [6.07, 6.45) is 10.1. The quantitative estimate of drug-likeness (QED) is 0.694. The van der Waals surface area contributed by atoms with Crippen molar-refractivity contribution in [3.63, 3.8) is 0 Å². The zero-order chi connectivity index (χ0) is 10.1. The molecule has 1 heterocycles. The van der Waals surface area contributed by atoms with Gasteiger partial charge < -0.3 is 11.1 Å². The lowest BCUT2D eigenvalue weighted by atomic mass is 10.1. The first-order valence-corrected chi connectivity index (χ1v) is 5.18. The van der Waals surface area contributed by atoms with Crippen molar-refractivity contribution in [3.8, 4) is 0 Å². The summed E-state index contributed by atoms with van der Waals surface area (Å²) in [5, 5.41) is 3.17. The molecule has 0 aromatic heterocycles. The van der Waals surface area contributed by atoms with E-state index in [2.05, 4.69) is 27.3 Å². The van der Waals surface area contributed by atoms with Gasteiger partial charge in [0.05, 0.1) is 0 Å². The molecule has 2 aliphatic rings. The van der Waals surface area contributed by atoms with Crippen LogP contribution in [0.2, 0.25) is 0 Å². The molecule has 2 nitrogen and oxygen atoms in total. The van der Waals surface area contributed by atoms with Crippen molar-refractivity contribution in [1.29, 1.82) is 0 Å². The van der Waals surface area contributed by atoms with Crippen LogP contribution in [-0.4, -0.2) is 0 Å². The molecule has 0 fully saturated rings. The van der Waals surface area contributed by atoms with E-state index in [-0.39, 0.29) is 0 Å². The Morgan fingerprint density at radius 2 is 2.07 bits per heavy atom. The standard InChI is InChI=1S/C11H11BrN2/c1-7-10(12)8-5-3-2-4-6-9(8)14-11(7)13/h2-6,14H,13H2,1H3. The van der Waals surface area contributed by atoms with Crippen LogP contribution in [0.3, 0.4) is 0 Å². The lowest BCUT2D eigenvalue weighted by Gasteiger charge is -2.21. The molecule has 0 bridgehead atoms. The number of dihydropyridines is 1. The first-order valence-electron chi connectivity index (χ1n) is 4.39. The second kappa shape index (κ2) is 3.50. The van der Waals surface area contributed by atoms with E-state index in [4.69, 9.17) is 5.73 Å². The van der Waals surface area contributed by atoms with Gasteiger partial charge in [-0.2, -0.15) is 0 Å². The van der Waals surface area contributed by atoms with Gasteiger partial charge in [-0.1, -0.05) is 24.3 Å². The fourth-order valence-electron chi connectivity index (χ4n) is 1.41. The van der Waals surface area contributed by atoms with Crippen molar-refractivity contribution in [2.75, 3.05) is 0 Å². The van der Waals surface area contributed by atoms with E-state index < -0.39 is 0 Å². The number of rotatable bonds is 0. The summed E-state index contributed by atoms with van der Waals surface area (Å²) in [7, 11) is 0. The maximum absolute atomic E-state index is 5.84. The van der Waals surface area contributed by atoms with Crippen molar-refractivity contribution in [1.82, 2.24) is 5.32 Å². The number of nitrogens with one attached hydrogen (secondary N) is 1. The third-order valence-electron chi connectivity index (χ3n) is 2.28. The molecular formula is C11H11BrN2. The Kier molecular flexibility index (Phi) is 2.33. The van der Waals surface area contributed by atoms with E-state index in [1.165, 1.54) is 0 Å². The second-order valence-electron chi connectivity index (χ2n) is 3.22. The van der Waals surface area contributed by atoms with E-state index >= 15 is 0 Å².